The Hall–Kier alpha value is -2.40. The molecule has 1 saturated heterocycles. The minimum atomic E-state index is -0.684. The van der Waals surface area contributed by atoms with Gasteiger partial charge in [-0.15, -0.1) is 11.8 Å². The van der Waals surface area contributed by atoms with Gasteiger partial charge in [0.1, 0.15) is 0 Å². The lowest BCUT2D eigenvalue weighted by molar-refractivity contribution is -0.146. The molecule has 0 aromatic heterocycles. The Balaban J connectivity index is 1.59. The summed E-state index contributed by atoms with van der Waals surface area (Å²) in [5, 5.41) is 0. The summed E-state index contributed by atoms with van der Waals surface area (Å²) >= 11 is 1.46. The van der Waals surface area contributed by atoms with E-state index < -0.39 is 17.6 Å². The van der Waals surface area contributed by atoms with E-state index >= 15 is 0 Å². The molecular weight excluding hydrogens is 346 g/mol. The number of thioether (sulfide) groups is 1. The van der Waals surface area contributed by atoms with E-state index in [4.69, 9.17) is 0 Å². The van der Waals surface area contributed by atoms with Gasteiger partial charge in [-0.25, -0.2) is 0 Å². The molecule has 5 heteroatoms. The van der Waals surface area contributed by atoms with Crippen molar-refractivity contribution in [1.29, 1.82) is 0 Å². The van der Waals surface area contributed by atoms with E-state index in [1.165, 1.54) is 22.9 Å². The highest BCUT2D eigenvalue weighted by atomic mass is 32.2. The molecule has 1 fully saturated rings. The fourth-order valence-electron chi connectivity index (χ4n) is 3.27. The summed E-state index contributed by atoms with van der Waals surface area (Å²) < 4.78 is 0. The lowest BCUT2D eigenvalue weighted by Crippen LogP contribution is -2.35. The number of likely N-dealkylation sites (tertiary alicyclic amines) is 1. The van der Waals surface area contributed by atoms with Crippen molar-refractivity contribution in [3.8, 4) is 0 Å². The van der Waals surface area contributed by atoms with Gasteiger partial charge in [-0.05, 0) is 25.0 Å². The molecule has 2 aromatic carbocycles. The molecular formula is C21H21NO3S. The molecule has 1 atom stereocenters. The Morgan fingerprint density at radius 3 is 2.38 bits per heavy atom. The quantitative estimate of drug-likeness (QED) is 0.761. The van der Waals surface area contributed by atoms with Gasteiger partial charge in [-0.1, -0.05) is 59.7 Å². The zero-order valence-electron chi connectivity index (χ0n) is 14.9. The first-order chi connectivity index (χ1) is 12.5. The highest BCUT2D eigenvalue weighted by molar-refractivity contribution is 7.99. The number of imide groups is 1. The van der Waals surface area contributed by atoms with Crippen LogP contribution in [0, 0.1) is 13.8 Å². The highest BCUT2D eigenvalue weighted by Gasteiger charge is 2.42. The summed E-state index contributed by atoms with van der Waals surface area (Å²) in [5.74, 6) is -1.13. The van der Waals surface area contributed by atoms with Crippen molar-refractivity contribution < 1.29 is 14.4 Å². The maximum absolute atomic E-state index is 12.4. The molecule has 0 aliphatic carbocycles. The van der Waals surface area contributed by atoms with Gasteiger partial charge in [0.25, 0.3) is 5.91 Å². The summed E-state index contributed by atoms with van der Waals surface area (Å²) in [5.41, 5.74) is 4.33. The molecule has 0 bridgehead atoms. The van der Waals surface area contributed by atoms with Crippen molar-refractivity contribution >= 4 is 29.4 Å². The molecule has 26 heavy (non-hydrogen) atoms. The molecule has 0 radical (unpaired) electrons. The molecule has 2 amide bonds. The van der Waals surface area contributed by atoms with Crippen LogP contribution in [0.1, 0.15) is 28.2 Å². The van der Waals surface area contributed by atoms with Crippen LogP contribution in [0.15, 0.2) is 48.5 Å². The summed E-state index contributed by atoms with van der Waals surface area (Å²) in [6.45, 7) is 4.24. The van der Waals surface area contributed by atoms with Crippen LogP contribution >= 0.6 is 11.8 Å². The van der Waals surface area contributed by atoms with E-state index in [9.17, 15) is 14.4 Å². The van der Waals surface area contributed by atoms with E-state index in [0.29, 0.717) is 5.75 Å². The molecule has 1 aliphatic heterocycles. The van der Waals surface area contributed by atoms with Crippen LogP contribution in [0.25, 0.3) is 0 Å². The first-order valence-corrected chi connectivity index (χ1v) is 9.69. The Morgan fingerprint density at radius 1 is 1.08 bits per heavy atom. The third-order valence-electron chi connectivity index (χ3n) is 4.42. The first-order valence-electron chi connectivity index (χ1n) is 8.54. The number of ketones is 1. The number of aryl methyl sites for hydroxylation is 2. The third-order valence-corrected chi connectivity index (χ3v) is 5.40. The standard InChI is InChI=1S/C21H21NO3S/c1-14-8-15(2)10-16(9-14)12-26-13-19(23)22-11-18(20(24)21(22)25)17-6-4-3-5-7-17/h3-10,18H,11-13H2,1-2H3/t18-/m1/s1. The van der Waals surface area contributed by atoms with E-state index in [1.54, 1.807) is 0 Å². The lowest BCUT2D eigenvalue weighted by atomic mass is 9.97. The molecule has 0 spiro atoms. The number of hydrogen-bond donors (Lipinski definition) is 0. The van der Waals surface area contributed by atoms with Crippen LogP contribution in [0.3, 0.4) is 0 Å². The molecule has 0 N–H and O–H groups in total. The number of hydrogen-bond acceptors (Lipinski definition) is 4. The van der Waals surface area contributed by atoms with Gasteiger partial charge in [0.15, 0.2) is 0 Å². The van der Waals surface area contributed by atoms with Gasteiger partial charge >= 0.3 is 0 Å². The minimum Gasteiger partial charge on any atom is -0.288 e. The Labute approximate surface area is 157 Å². The monoisotopic (exact) mass is 367 g/mol. The molecule has 3 rings (SSSR count). The van der Waals surface area contributed by atoms with E-state index in [2.05, 4.69) is 18.2 Å². The lowest BCUT2D eigenvalue weighted by Gasteiger charge is -2.14. The Morgan fingerprint density at radius 2 is 1.73 bits per heavy atom. The Bertz CT molecular complexity index is 827. The van der Waals surface area contributed by atoms with Gasteiger partial charge < -0.3 is 0 Å². The fourth-order valence-corrected chi connectivity index (χ4v) is 4.11. The van der Waals surface area contributed by atoms with Gasteiger partial charge in [0, 0.05) is 12.3 Å². The van der Waals surface area contributed by atoms with Crippen LogP contribution in [-0.2, 0) is 20.1 Å². The van der Waals surface area contributed by atoms with Gasteiger partial charge in [-0.3, -0.25) is 19.3 Å². The second-order valence-electron chi connectivity index (χ2n) is 6.63. The summed E-state index contributed by atoms with van der Waals surface area (Å²) in [6.07, 6.45) is 0. The zero-order chi connectivity index (χ0) is 18.7. The van der Waals surface area contributed by atoms with Crippen LogP contribution in [0.4, 0.5) is 0 Å². The number of Topliss-reactive ketones (excluding diaryl/α,β-unsaturated/α-hetero) is 1. The van der Waals surface area contributed by atoms with Crippen molar-refractivity contribution in [3.05, 3.63) is 70.8 Å². The first kappa shape index (κ1) is 18.4. The largest absolute Gasteiger partial charge is 0.297 e. The topological polar surface area (TPSA) is 54.5 Å². The molecule has 0 saturated carbocycles. The smallest absolute Gasteiger partial charge is 0.288 e. The second-order valence-corrected chi connectivity index (χ2v) is 7.61. The average molecular weight is 367 g/mol. The van der Waals surface area contributed by atoms with E-state index in [1.807, 2.05) is 44.2 Å². The van der Waals surface area contributed by atoms with E-state index in [-0.39, 0.29) is 18.2 Å². The van der Waals surface area contributed by atoms with Crippen molar-refractivity contribution in [3.63, 3.8) is 0 Å². The number of nitrogens with zero attached hydrogens (tertiary/aromatic N) is 1. The zero-order valence-corrected chi connectivity index (χ0v) is 15.7. The van der Waals surface area contributed by atoms with Crippen molar-refractivity contribution in [2.75, 3.05) is 12.3 Å². The fraction of sp³-hybridized carbons (Fsp3) is 0.286. The van der Waals surface area contributed by atoms with Crippen LogP contribution < -0.4 is 0 Å². The normalized spacial score (nSPS) is 17.0. The van der Waals surface area contributed by atoms with Crippen LogP contribution in [0.5, 0.6) is 0 Å². The molecule has 4 nitrogen and oxygen atoms in total. The van der Waals surface area contributed by atoms with Gasteiger partial charge in [-0.2, -0.15) is 0 Å². The number of amides is 2. The van der Waals surface area contributed by atoms with Gasteiger partial charge in [0.05, 0.1) is 11.7 Å². The van der Waals surface area contributed by atoms with E-state index in [0.717, 1.165) is 16.0 Å². The summed E-state index contributed by atoms with van der Waals surface area (Å²) in [7, 11) is 0. The Kier molecular flexibility index (Phi) is 5.57. The molecule has 2 aromatic rings. The second kappa shape index (κ2) is 7.87. The molecule has 134 valence electrons. The number of rotatable bonds is 5. The molecule has 1 aliphatic rings. The number of carbonyl (C=O) groups is 3. The van der Waals surface area contributed by atoms with Crippen molar-refractivity contribution in [2.45, 2.75) is 25.5 Å². The summed E-state index contributed by atoms with van der Waals surface area (Å²) in [6, 6.07) is 15.5. The van der Waals surface area contributed by atoms with Gasteiger partial charge in [0.2, 0.25) is 11.7 Å². The van der Waals surface area contributed by atoms with Crippen molar-refractivity contribution in [2.24, 2.45) is 0 Å². The molecule has 1 heterocycles. The predicted octanol–water partition coefficient (Wildman–Crippen LogP) is 3.26. The van der Waals surface area contributed by atoms with Crippen LogP contribution in [0.2, 0.25) is 0 Å². The highest BCUT2D eigenvalue weighted by Crippen LogP contribution is 2.26. The average Bonchev–Trinajstić information content (AvgIpc) is 2.90. The number of carbonyl (C=O) groups excluding carboxylic acids is 3. The SMILES string of the molecule is Cc1cc(C)cc(CSCC(=O)N2C[C@H](c3ccccc3)C(=O)C2=O)c1. The van der Waals surface area contributed by atoms with Crippen LogP contribution in [-0.4, -0.2) is 34.8 Å². The molecule has 0 unspecified atom stereocenters. The van der Waals surface area contributed by atoms with Crippen molar-refractivity contribution in [1.82, 2.24) is 4.90 Å². The third kappa shape index (κ3) is 4.05. The maximum Gasteiger partial charge on any atom is 0.297 e. The minimum absolute atomic E-state index is 0.143. The number of benzene rings is 2. The predicted molar refractivity (Wildman–Crippen MR) is 103 cm³/mol. The summed E-state index contributed by atoms with van der Waals surface area (Å²) in [4.78, 5) is 38.0. The maximum atomic E-state index is 12.4.